The van der Waals surface area contributed by atoms with E-state index in [9.17, 15) is 0 Å². The number of hydrogen-bond donors (Lipinski definition) is 0. The Hall–Kier alpha value is -0.360. The maximum Gasteiger partial charge on any atom is 0.104 e. The number of likely N-dealkylation sites (N-methyl/N-ethyl adjacent to an activating group) is 3. The second kappa shape index (κ2) is 34.2. The minimum Gasteiger partial charge on any atom is -0.376 e. The van der Waals surface area contributed by atoms with E-state index < -0.39 is 0 Å². The summed E-state index contributed by atoms with van der Waals surface area (Å²) in [6.45, 7) is 16.6. The molecule has 0 aliphatic rings. The summed E-state index contributed by atoms with van der Waals surface area (Å²) in [4.78, 5) is 0. The molecule has 1 atom stereocenters. The van der Waals surface area contributed by atoms with E-state index in [0.717, 1.165) is 52.9 Å². The first-order valence-corrected chi connectivity index (χ1v) is 21.4. The lowest BCUT2D eigenvalue weighted by molar-refractivity contribution is -0.891. The molecule has 0 spiro atoms. The van der Waals surface area contributed by atoms with Crippen LogP contribution in [0.5, 0.6) is 0 Å². The van der Waals surface area contributed by atoms with E-state index in [2.05, 4.69) is 63.2 Å². The Morgan fingerprint density at radius 3 is 1.06 bits per heavy atom. The fourth-order valence-corrected chi connectivity index (χ4v) is 5.92. The van der Waals surface area contributed by atoms with E-state index in [-0.39, 0.29) is 6.10 Å². The monoisotopic (exact) mass is 735 g/mol. The predicted octanol–water partition coefficient (Wildman–Crippen LogP) is 7.60. The lowest BCUT2D eigenvalue weighted by atomic mass is 10.1. The first kappa shape index (κ1) is 50.6. The molecule has 0 rings (SSSR count). The molecule has 0 N–H and O–H groups in total. The van der Waals surface area contributed by atoms with Crippen LogP contribution in [-0.4, -0.2) is 174 Å². The molecule has 0 bridgehead atoms. The van der Waals surface area contributed by atoms with Crippen molar-refractivity contribution in [1.29, 1.82) is 0 Å². The molecule has 0 radical (unpaired) electrons. The molecule has 51 heavy (non-hydrogen) atoms. The molecule has 0 aromatic heterocycles. The standard InChI is InChI=1S/C42H92N3O6/c1-10-12-14-16-18-20-22-24-26-44(6,7)29-32-47-35-37-50-41-42(40-49-36-34-46-31-28-43(3,4)5)51-39-38-48-33-30-45(8,9)27-25-23-21-19-17-15-13-11-2/h42H,10-41H2,1-9H3/q+3. The Kier molecular flexibility index (Phi) is 33.9. The van der Waals surface area contributed by atoms with Crippen LogP contribution in [0.1, 0.15) is 117 Å². The maximum atomic E-state index is 6.16. The van der Waals surface area contributed by atoms with Gasteiger partial charge in [0.1, 0.15) is 25.7 Å². The molecule has 0 heterocycles. The van der Waals surface area contributed by atoms with Gasteiger partial charge in [-0.1, -0.05) is 90.9 Å². The zero-order chi connectivity index (χ0) is 37.9. The van der Waals surface area contributed by atoms with Crippen LogP contribution in [0.3, 0.4) is 0 Å². The van der Waals surface area contributed by atoms with Crippen LogP contribution in [0.15, 0.2) is 0 Å². The van der Waals surface area contributed by atoms with Crippen LogP contribution in [0.25, 0.3) is 0 Å². The van der Waals surface area contributed by atoms with E-state index in [1.165, 1.54) is 116 Å². The molecule has 0 saturated heterocycles. The summed E-state index contributed by atoms with van der Waals surface area (Å²) in [6.07, 6.45) is 21.7. The zero-order valence-corrected chi connectivity index (χ0v) is 36.0. The molecule has 0 saturated carbocycles. The lowest BCUT2D eigenvalue weighted by Crippen LogP contribution is -2.43. The molecule has 9 heteroatoms. The first-order chi connectivity index (χ1) is 24.4. The normalized spacial score (nSPS) is 13.4. The van der Waals surface area contributed by atoms with Gasteiger partial charge >= 0.3 is 0 Å². The highest BCUT2D eigenvalue weighted by molar-refractivity contribution is 4.56. The predicted molar refractivity (Wildman–Crippen MR) is 216 cm³/mol. The Morgan fingerprint density at radius 2 is 0.667 bits per heavy atom. The van der Waals surface area contributed by atoms with Gasteiger partial charge in [-0.15, -0.1) is 0 Å². The second-order valence-corrected chi connectivity index (χ2v) is 17.2. The summed E-state index contributed by atoms with van der Waals surface area (Å²) < 4.78 is 38.7. The van der Waals surface area contributed by atoms with Crippen LogP contribution in [0.4, 0.5) is 0 Å². The Bertz CT molecular complexity index is 719. The summed E-state index contributed by atoms with van der Waals surface area (Å²) in [5, 5.41) is 0. The van der Waals surface area contributed by atoms with Crippen LogP contribution in [-0.2, 0) is 28.4 Å². The van der Waals surface area contributed by atoms with E-state index in [0.29, 0.717) is 52.9 Å². The number of nitrogens with zero attached hydrogens (tertiary/aromatic N) is 3. The average molecular weight is 735 g/mol. The van der Waals surface area contributed by atoms with Gasteiger partial charge in [0.2, 0.25) is 0 Å². The lowest BCUT2D eigenvalue weighted by Gasteiger charge is -2.29. The van der Waals surface area contributed by atoms with Gasteiger partial charge in [-0.05, 0) is 25.7 Å². The van der Waals surface area contributed by atoms with Crippen molar-refractivity contribution in [3.63, 3.8) is 0 Å². The largest absolute Gasteiger partial charge is 0.376 e. The molecule has 1 unspecified atom stereocenters. The molecule has 308 valence electrons. The minimum absolute atomic E-state index is 0.142. The molecule has 0 aromatic rings. The summed E-state index contributed by atoms with van der Waals surface area (Å²) >= 11 is 0. The van der Waals surface area contributed by atoms with E-state index in [1.54, 1.807) is 0 Å². The topological polar surface area (TPSA) is 55.4 Å². The van der Waals surface area contributed by atoms with Gasteiger partial charge < -0.3 is 41.9 Å². The van der Waals surface area contributed by atoms with Crippen molar-refractivity contribution < 1.29 is 41.9 Å². The number of rotatable bonds is 41. The molecule has 0 aliphatic heterocycles. The van der Waals surface area contributed by atoms with Crippen molar-refractivity contribution in [3.8, 4) is 0 Å². The number of unbranched alkanes of at least 4 members (excludes halogenated alkanes) is 14. The third-order valence-corrected chi connectivity index (χ3v) is 9.76. The van der Waals surface area contributed by atoms with E-state index >= 15 is 0 Å². The van der Waals surface area contributed by atoms with Crippen LogP contribution < -0.4 is 0 Å². The van der Waals surface area contributed by atoms with Crippen molar-refractivity contribution in [3.05, 3.63) is 0 Å². The summed E-state index contributed by atoms with van der Waals surface area (Å²) in [5.41, 5.74) is 0. The Morgan fingerprint density at radius 1 is 0.333 bits per heavy atom. The third-order valence-electron chi connectivity index (χ3n) is 9.76. The molecule has 9 nitrogen and oxygen atoms in total. The molecule has 0 amide bonds. The Labute approximate surface area is 318 Å². The molecule has 0 aromatic carbocycles. The van der Waals surface area contributed by atoms with E-state index in [1.807, 2.05) is 0 Å². The number of quaternary nitrogens is 3. The molecule has 0 aliphatic carbocycles. The van der Waals surface area contributed by atoms with Gasteiger partial charge in [0.25, 0.3) is 0 Å². The molecular weight excluding hydrogens is 642 g/mol. The van der Waals surface area contributed by atoms with Crippen LogP contribution in [0.2, 0.25) is 0 Å². The van der Waals surface area contributed by atoms with Crippen molar-refractivity contribution in [2.45, 2.75) is 123 Å². The van der Waals surface area contributed by atoms with Gasteiger partial charge in [0.15, 0.2) is 0 Å². The average Bonchev–Trinajstić information content (AvgIpc) is 3.06. The quantitative estimate of drug-likeness (QED) is 0.0477. The van der Waals surface area contributed by atoms with Gasteiger partial charge in [-0.3, -0.25) is 0 Å². The summed E-state index contributed by atoms with van der Waals surface area (Å²) in [7, 11) is 15.8. The van der Waals surface area contributed by atoms with Crippen LogP contribution >= 0.6 is 0 Å². The number of hydrogen-bond acceptors (Lipinski definition) is 6. The van der Waals surface area contributed by atoms with E-state index in [4.69, 9.17) is 28.4 Å². The first-order valence-electron chi connectivity index (χ1n) is 21.4. The Balaban J connectivity index is 4.23. The third kappa shape index (κ3) is 39.2. The van der Waals surface area contributed by atoms with Crippen molar-refractivity contribution >= 4 is 0 Å². The highest BCUT2D eigenvalue weighted by Crippen LogP contribution is 2.11. The minimum atomic E-state index is -0.142. The fraction of sp³-hybridized carbons (Fsp3) is 1.00. The van der Waals surface area contributed by atoms with Gasteiger partial charge in [-0.2, -0.15) is 0 Å². The highest BCUT2D eigenvalue weighted by Gasteiger charge is 2.16. The molecule has 0 fully saturated rings. The van der Waals surface area contributed by atoms with Crippen molar-refractivity contribution in [2.75, 3.05) is 155 Å². The zero-order valence-electron chi connectivity index (χ0n) is 36.0. The smallest absolute Gasteiger partial charge is 0.104 e. The maximum absolute atomic E-state index is 6.16. The van der Waals surface area contributed by atoms with Crippen molar-refractivity contribution in [1.82, 2.24) is 0 Å². The molecular formula is C42H92N3O6+3. The van der Waals surface area contributed by atoms with Crippen LogP contribution in [0, 0.1) is 0 Å². The fourth-order valence-electron chi connectivity index (χ4n) is 5.92. The van der Waals surface area contributed by atoms with Gasteiger partial charge in [0.05, 0.1) is 135 Å². The van der Waals surface area contributed by atoms with Gasteiger partial charge in [0, 0.05) is 0 Å². The summed E-state index contributed by atoms with van der Waals surface area (Å²) in [5.74, 6) is 0. The second-order valence-electron chi connectivity index (χ2n) is 17.2. The number of ether oxygens (including phenoxy) is 6. The van der Waals surface area contributed by atoms with Gasteiger partial charge in [-0.25, -0.2) is 0 Å². The SMILES string of the molecule is CCCCCCCCCC[N+](C)(C)CCOCCOCC(COCCOCC[N+](C)(C)C)OCCOCC[N+](C)(C)CCCCCCCCCC. The van der Waals surface area contributed by atoms with Crippen molar-refractivity contribution in [2.24, 2.45) is 0 Å². The highest BCUT2D eigenvalue weighted by atomic mass is 16.6. The summed E-state index contributed by atoms with van der Waals surface area (Å²) in [6, 6.07) is 0.